The number of hydrogen-bond donors (Lipinski definition) is 1. The summed E-state index contributed by atoms with van der Waals surface area (Å²) in [6, 6.07) is 12.3. The fraction of sp³-hybridized carbons (Fsp3) is 0.471. The third-order valence-corrected chi connectivity index (χ3v) is 7.61. The smallest absolute Gasteiger partial charge is 0.0722 e. The van der Waals surface area contributed by atoms with Crippen LogP contribution >= 0.6 is 23.5 Å². The molecule has 1 fully saturated rings. The standard InChI is InChI=1S/C17H21NOS2/c1-11-12(2)21-17(10-20-11)16(19)9-14-8-7-13-5-3-4-6-15(13)18-14/h3-8,11-12,16-17,19H,9-10H2,1-2H3. The fourth-order valence-electron chi connectivity index (χ4n) is 2.58. The van der Waals surface area contributed by atoms with E-state index in [1.165, 1.54) is 0 Å². The predicted octanol–water partition coefficient (Wildman–Crippen LogP) is 3.76. The zero-order valence-corrected chi connectivity index (χ0v) is 14.0. The summed E-state index contributed by atoms with van der Waals surface area (Å²) in [4.78, 5) is 4.67. The number of thioether (sulfide) groups is 2. The Labute approximate surface area is 134 Å². The number of rotatable bonds is 3. The lowest BCUT2D eigenvalue weighted by molar-refractivity contribution is 0.176. The van der Waals surface area contributed by atoms with Crippen LogP contribution in [0, 0.1) is 0 Å². The summed E-state index contributed by atoms with van der Waals surface area (Å²) in [6.45, 7) is 4.53. The molecule has 1 aliphatic rings. The zero-order valence-electron chi connectivity index (χ0n) is 12.4. The molecule has 4 unspecified atom stereocenters. The Hall–Kier alpha value is -0.710. The van der Waals surface area contributed by atoms with Crippen molar-refractivity contribution in [3.8, 4) is 0 Å². The lowest BCUT2D eigenvalue weighted by atomic mass is 10.1. The summed E-state index contributed by atoms with van der Waals surface area (Å²) in [5, 5.41) is 13.3. The first-order valence-electron chi connectivity index (χ1n) is 7.43. The van der Waals surface area contributed by atoms with Crippen molar-refractivity contribution < 1.29 is 5.11 Å². The highest BCUT2D eigenvalue weighted by molar-refractivity contribution is 8.07. The molecule has 112 valence electrons. The predicted molar refractivity (Wildman–Crippen MR) is 94.2 cm³/mol. The maximum atomic E-state index is 10.5. The van der Waals surface area contributed by atoms with Gasteiger partial charge in [-0.2, -0.15) is 23.5 Å². The molecule has 1 N–H and O–H groups in total. The van der Waals surface area contributed by atoms with E-state index in [9.17, 15) is 5.11 Å². The van der Waals surface area contributed by atoms with Gasteiger partial charge >= 0.3 is 0 Å². The van der Waals surface area contributed by atoms with Gasteiger partial charge < -0.3 is 5.11 Å². The van der Waals surface area contributed by atoms with Gasteiger partial charge in [0.05, 0.1) is 11.6 Å². The normalized spacial score (nSPS) is 27.7. The molecule has 4 atom stereocenters. The zero-order chi connectivity index (χ0) is 14.8. The molecular weight excluding hydrogens is 298 g/mol. The Morgan fingerprint density at radius 2 is 2.00 bits per heavy atom. The highest BCUT2D eigenvalue weighted by atomic mass is 32.2. The van der Waals surface area contributed by atoms with Crippen molar-refractivity contribution in [2.24, 2.45) is 0 Å². The van der Waals surface area contributed by atoms with Crippen LogP contribution in [0.15, 0.2) is 36.4 Å². The molecule has 0 radical (unpaired) electrons. The number of benzene rings is 1. The number of hydrogen-bond acceptors (Lipinski definition) is 4. The van der Waals surface area contributed by atoms with Gasteiger partial charge in [-0.3, -0.25) is 4.98 Å². The Morgan fingerprint density at radius 1 is 1.19 bits per heavy atom. The summed E-state index contributed by atoms with van der Waals surface area (Å²) in [6.07, 6.45) is 0.329. The van der Waals surface area contributed by atoms with E-state index in [1.54, 1.807) is 0 Å². The Kier molecular flexibility index (Phi) is 4.77. The minimum Gasteiger partial charge on any atom is -0.392 e. The second kappa shape index (κ2) is 6.59. The van der Waals surface area contributed by atoms with Crippen molar-refractivity contribution in [1.82, 2.24) is 4.98 Å². The van der Waals surface area contributed by atoms with E-state index in [1.807, 2.05) is 47.8 Å². The molecule has 2 heterocycles. The maximum absolute atomic E-state index is 10.5. The molecule has 2 nitrogen and oxygen atoms in total. The Balaban J connectivity index is 1.69. The van der Waals surface area contributed by atoms with E-state index in [-0.39, 0.29) is 6.10 Å². The van der Waals surface area contributed by atoms with Gasteiger partial charge in [0.1, 0.15) is 0 Å². The molecule has 0 aliphatic carbocycles. The molecule has 21 heavy (non-hydrogen) atoms. The minimum absolute atomic E-state index is 0.314. The number of aromatic nitrogens is 1. The topological polar surface area (TPSA) is 33.1 Å². The van der Waals surface area contributed by atoms with Crippen LogP contribution in [-0.2, 0) is 6.42 Å². The Bertz CT molecular complexity index is 619. The van der Waals surface area contributed by atoms with Gasteiger partial charge in [-0.1, -0.05) is 38.1 Å². The van der Waals surface area contributed by atoms with Crippen molar-refractivity contribution >= 4 is 34.4 Å². The van der Waals surface area contributed by atoms with E-state index in [2.05, 4.69) is 31.0 Å². The first kappa shape index (κ1) is 15.2. The van der Waals surface area contributed by atoms with Crippen molar-refractivity contribution in [2.75, 3.05) is 5.75 Å². The highest BCUT2D eigenvalue weighted by Gasteiger charge is 2.30. The van der Waals surface area contributed by atoms with Crippen LogP contribution in [0.25, 0.3) is 10.9 Å². The van der Waals surface area contributed by atoms with Crippen molar-refractivity contribution in [1.29, 1.82) is 0 Å². The largest absolute Gasteiger partial charge is 0.392 e. The Morgan fingerprint density at radius 3 is 2.81 bits per heavy atom. The van der Waals surface area contributed by atoms with E-state index >= 15 is 0 Å². The van der Waals surface area contributed by atoms with Gasteiger partial charge in [-0.05, 0) is 12.1 Å². The van der Waals surface area contributed by atoms with E-state index in [0.717, 1.165) is 22.3 Å². The summed E-state index contributed by atoms with van der Waals surface area (Å²) in [5.41, 5.74) is 1.99. The SMILES string of the molecule is CC1SCC(C(O)Cc2ccc3ccccc3n2)SC1C. The lowest BCUT2D eigenvalue weighted by Crippen LogP contribution is -2.35. The number of aliphatic hydroxyl groups is 1. The molecule has 3 rings (SSSR count). The number of fused-ring (bicyclic) bond motifs is 1. The number of nitrogens with zero attached hydrogens (tertiary/aromatic N) is 1. The average Bonchev–Trinajstić information content (AvgIpc) is 2.50. The second-order valence-electron chi connectivity index (χ2n) is 5.68. The second-order valence-corrected chi connectivity index (χ2v) is 8.72. The van der Waals surface area contributed by atoms with Gasteiger partial charge in [0.25, 0.3) is 0 Å². The molecule has 1 aromatic carbocycles. The number of aliphatic hydroxyl groups excluding tert-OH is 1. The van der Waals surface area contributed by atoms with Gasteiger partial charge in [0.15, 0.2) is 0 Å². The van der Waals surface area contributed by atoms with Crippen molar-refractivity contribution in [3.05, 3.63) is 42.1 Å². The van der Waals surface area contributed by atoms with Crippen LogP contribution in [0.5, 0.6) is 0 Å². The number of pyridine rings is 1. The van der Waals surface area contributed by atoms with Gasteiger partial charge in [0.2, 0.25) is 0 Å². The molecule has 1 aromatic heterocycles. The first-order chi connectivity index (χ1) is 10.1. The molecule has 0 amide bonds. The summed E-state index contributed by atoms with van der Waals surface area (Å²) >= 11 is 3.90. The van der Waals surface area contributed by atoms with Crippen molar-refractivity contribution in [3.63, 3.8) is 0 Å². The summed E-state index contributed by atoms with van der Waals surface area (Å²) in [7, 11) is 0. The molecule has 0 spiro atoms. The summed E-state index contributed by atoms with van der Waals surface area (Å²) in [5.74, 6) is 1.03. The average molecular weight is 319 g/mol. The van der Waals surface area contributed by atoms with Crippen molar-refractivity contribution in [2.45, 2.75) is 42.1 Å². The lowest BCUT2D eigenvalue weighted by Gasteiger charge is -2.33. The van der Waals surface area contributed by atoms with Crippen LogP contribution in [0.4, 0.5) is 0 Å². The van der Waals surface area contributed by atoms with E-state index < -0.39 is 0 Å². The molecular formula is C17H21NOS2. The van der Waals surface area contributed by atoms with E-state index in [4.69, 9.17) is 0 Å². The quantitative estimate of drug-likeness (QED) is 0.934. The van der Waals surface area contributed by atoms with Crippen LogP contribution in [0.2, 0.25) is 0 Å². The van der Waals surface area contributed by atoms with Crippen LogP contribution in [0.3, 0.4) is 0 Å². The molecule has 0 bridgehead atoms. The minimum atomic E-state index is -0.314. The first-order valence-corrected chi connectivity index (χ1v) is 9.42. The van der Waals surface area contributed by atoms with Gasteiger partial charge in [-0.15, -0.1) is 0 Å². The van der Waals surface area contributed by atoms with E-state index in [0.29, 0.717) is 22.2 Å². The molecule has 2 aromatic rings. The third kappa shape index (κ3) is 3.55. The number of para-hydroxylation sites is 1. The molecule has 0 saturated carbocycles. The van der Waals surface area contributed by atoms with Gasteiger partial charge in [-0.25, -0.2) is 0 Å². The van der Waals surface area contributed by atoms with Gasteiger partial charge in [0, 0.05) is 39.0 Å². The van der Waals surface area contributed by atoms with Crippen LogP contribution in [0.1, 0.15) is 19.5 Å². The third-order valence-electron chi connectivity index (χ3n) is 4.08. The summed E-state index contributed by atoms with van der Waals surface area (Å²) < 4.78 is 0. The highest BCUT2D eigenvalue weighted by Crippen LogP contribution is 2.37. The fourth-order valence-corrected chi connectivity index (χ4v) is 5.59. The van der Waals surface area contributed by atoms with Crippen LogP contribution in [-0.4, -0.2) is 37.7 Å². The van der Waals surface area contributed by atoms with Crippen LogP contribution < -0.4 is 0 Å². The molecule has 4 heteroatoms. The monoisotopic (exact) mass is 319 g/mol. The maximum Gasteiger partial charge on any atom is 0.0722 e. The molecule has 1 saturated heterocycles. The molecule has 1 aliphatic heterocycles.